The van der Waals surface area contributed by atoms with E-state index in [1.165, 1.54) is 101 Å². The van der Waals surface area contributed by atoms with Gasteiger partial charge in [0.1, 0.15) is 6.15 Å². The van der Waals surface area contributed by atoms with Crippen molar-refractivity contribution in [3.8, 4) is 11.1 Å². The molecular weight excluding hydrogens is 1370 g/mol. The zero-order chi connectivity index (χ0) is 66.5. The molecule has 91 heavy (non-hydrogen) atoms. The summed E-state index contributed by atoms with van der Waals surface area (Å²) >= 11 is 0. The van der Waals surface area contributed by atoms with Crippen LogP contribution in [0.15, 0.2) is 152 Å². The Kier molecular flexibility index (Phi) is 23.9. The first kappa shape index (κ1) is 74.3. The summed E-state index contributed by atoms with van der Waals surface area (Å²) in [6, 6.07) is 11.8. The van der Waals surface area contributed by atoms with Gasteiger partial charge in [-0.1, -0.05) is 134 Å². The van der Waals surface area contributed by atoms with Gasteiger partial charge in [0.2, 0.25) is 0 Å². The van der Waals surface area contributed by atoms with E-state index in [2.05, 4.69) is 78.9 Å². The minimum absolute atomic E-state index is 0. The van der Waals surface area contributed by atoms with Gasteiger partial charge in [-0.05, 0) is 113 Å². The number of hydrogen-bond acceptors (Lipinski definition) is 0. The van der Waals surface area contributed by atoms with Crippen molar-refractivity contribution in [1.82, 2.24) is 0 Å². The summed E-state index contributed by atoms with van der Waals surface area (Å²) in [7, 11) is -0.500. The van der Waals surface area contributed by atoms with Crippen LogP contribution >= 0.6 is 7.92 Å². The van der Waals surface area contributed by atoms with Crippen LogP contribution in [-0.2, 0) is 68.9 Å². The zero-order valence-corrected chi connectivity index (χ0v) is 50.1. The van der Waals surface area contributed by atoms with Crippen molar-refractivity contribution in [1.29, 1.82) is 0 Å². The van der Waals surface area contributed by atoms with Crippen LogP contribution in [0.5, 0.6) is 0 Å². The third-order valence-electron chi connectivity index (χ3n) is 16.2. The van der Waals surface area contributed by atoms with Gasteiger partial charge >= 0.3 is 49.4 Å². The molecule has 27 heteroatoms. The van der Waals surface area contributed by atoms with Gasteiger partial charge in [0.15, 0.2) is 0 Å². The van der Waals surface area contributed by atoms with Crippen molar-refractivity contribution in [3.05, 3.63) is 196 Å². The third-order valence-corrected chi connectivity index (χ3v) is 20.2. The van der Waals surface area contributed by atoms with Crippen LogP contribution in [0, 0.1) is 0 Å². The second-order valence-electron chi connectivity index (χ2n) is 22.4. The van der Waals surface area contributed by atoms with E-state index >= 15 is 0 Å². The van der Waals surface area contributed by atoms with Gasteiger partial charge in [-0.15, -0.1) is 0 Å². The molecule has 1 radical (unpaired) electrons. The number of benzene rings is 6. The Bertz CT molecular complexity index is 2950. The first-order valence-electron chi connectivity index (χ1n) is 28.4. The third kappa shape index (κ3) is 19.0. The van der Waals surface area contributed by atoms with Crippen LogP contribution in [0.1, 0.15) is 134 Å². The molecule has 0 saturated heterocycles. The quantitative estimate of drug-likeness (QED) is 0.0617. The van der Waals surface area contributed by atoms with E-state index in [9.17, 15) is 105 Å². The van der Waals surface area contributed by atoms with Crippen LogP contribution in [0.4, 0.5) is 105 Å². The van der Waals surface area contributed by atoms with Crippen molar-refractivity contribution in [3.63, 3.8) is 0 Å². The number of alkyl halides is 24. The SMILES string of the molecule is C1=C\CC/C=C\CC/1.FC(F)(F)c1cc([B-](c2cc(C(F)(F)F)cc(C(F)(F)F)c2)(c2cc(C(F)(F)F)cc(C(F)(F)F)c2)c2cc(C(F)(F)F)cc(C(F)(F)F)c2)cc(C(F)(F)F)c1.[Rh].c1ccc(-c2ccccc2[PH+](C2CCCCC2)C2CCCCC2)cc1. The molecule has 2 saturated carbocycles. The first-order valence-corrected chi connectivity index (χ1v) is 30.0. The van der Waals surface area contributed by atoms with E-state index in [0.29, 0.717) is 0 Å². The molecule has 0 heterocycles. The summed E-state index contributed by atoms with van der Waals surface area (Å²) in [6.45, 7) is 0. The van der Waals surface area contributed by atoms with E-state index < -0.39 is 203 Å². The maximum atomic E-state index is 14.2. The Morgan fingerprint density at radius 2 is 0.516 bits per heavy atom. The molecule has 0 atom stereocenters. The molecule has 6 aromatic rings. The summed E-state index contributed by atoms with van der Waals surface area (Å²) in [5.41, 5.74) is -25.2. The first-order chi connectivity index (χ1) is 41.7. The van der Waals surface area contributed by atoms with E-state index in [1.807, 2.05) is 0 Å². The molecule has 6 aromatic carbocycles. The standard InChI is InChI=1S/C32H12BF24.C24H31P.C8H12.Rh/c34-25(35,36)13-1-14(26(37,38)39)6-21(5-13)33(22-7-15(27(40,41)42)2-16(8-22)28(43,44)45,23-9-17(29(46,47)48)3-18(10-23)30(49,50)51)24-11-19(31(52,53)54)4-20(12-24)32(55,56)57;1-4-12-20(13-5-1)23-18-10-11-19-24(23)25(21-14-6-2-7-15-21)22-16-8-3-9-17-22;1-2-4-6-8-7-5-3-1;/h1-12H;1,4-5,10-13,18-19,21-22H,2-3,6-9,14-17H2;1-2,7-8H,3-6H2;/q-1;;;/p+1/b;;2-1-,8-7-;. The van der Waals surface area contributed by atoms with Crippen LogP contribution in [-0.4, -0.2) is 17.5 Å². The summed E-state index contributed by atoms with van der Waals surface area (Å²) < 4.78 is 341. The number of rotatable bonds is 8. The molecule has 0 aliphatic heterocycles. The minimum Gasteiger partial charge on any atom is -0.194 e. The fraction of sp³-hybridized carbons (Fsp3) is 0.375. The molecule has 3 aliphatic carbocycles. The maximum Gasteiger partial charge on any atom is 0.416 e. The Hall–Kier alpha value is -5.76. The molecule has 0 spiro atoms. The molecule has 0 amide bonds. The normalized spacial score (nSPS) is 16.9. The molecule has 3 aliphatic rings. The van der Waals surface area contributed by atoms with Crippen LogP contribution in [0.25, 0.3) is 11.1 Å². The van der Waals surface area contributed by atoms with Crippen molar-refractivity contribution < 1.29 is 125 Å². The zero-order valence-electron chi connectivity index (χ0n) is 47.5. The maximum absolute atomic E-state index is 14.2. The number of halogens is 24. The van der Waals surface area contributed by atoms with Gasteiger partial charge in [-0.3, -0.25) is 0 Å². The average Bonchev–Trinajstić information content (AvgIpc) is 0.710. The fourth-order valence-corrected chi connectivity index (χ4v) is 16.6. The van der Waals surface area contributed by atoms with Gasteiger partial charge in [0.05, 0.1) is 61.1 Å². The molecule has 0 bridgehead atoms. The van der Waals surface area contributed by atoms with Crippen molar-refractivity contribution in [2.45, 2.75) is 151 Å². The van der Waals surface area contributed by atoms with Crippen LogP contribution in [0.3, 0.4) is 0 Å². The van der Waals surface area contributed by atoms with Gasteiger partial charge in [0.25, 0.3) is 0 Å². The molecule has 0 nitrogen and oxygen atoms in total. The minimum atomic E-state index is -6.13. The van der Waals surface area contributed by atoms with Gasteiger partial charge in [-0.2, -0.15) is 127 Å². The Labute approximate surface area is 522 Å². The smallest absolute Gasteiger partial charge is 0.194 e. The second-order valence-corrected chi connectivity index (χ2v) is 25.4. The topological polar surface area (TPSA) is 0 Å². The van der Waals surface area contributed by atoms with Crippen molar-refractivity contribution in [2.24, 2.45) is 0 Å². The summed E-state index contributed by atoms with van der Waals surface area (Å²) in [5, 5.41) is 1.75. The van der Waals surface area contributed by atoms with Crippen molar-refractivity contribution >= 4 is 41.2 Å². The molecule has 0 unspecified atom stereocenters. The van der Waals surface area contributed by atoms with Gasteiger partial charge < -0.3 is 0 Å². The predicted octanol–water partition coefficient (Wildman–Crippen LogP) is 20.7. The van der Waals surface area contributed by atoms with Gasteiger partial charge in [0, 0.05) is 33.0 Å². The average molecular weight is 1430 g/mol. The number of allylic oxidation sites excluding steroid dienone is 4. The molecule has 9 rings (SSSR count). The summed E-state index contributed by atoms with van der Waals surface area (Å²) in [5.74, 6) is 0. The van der Waals surface area contributed by atoms with E-state index in [4.69, 9.17) is 0 Å². The van der Waals surface area contributed by atoms with E-state index in [-0.39, 0.29) is 19.5 Å². The summed E-state index contributed by atoms with van der Waals surface area (Å²) in [4.78, 5) is 0. The molecule has 0 N–H and O–H groups in total. The largest absolute Gasteiger partial charge is 0.416 e. The monoisotopic (exact) mass is 1430 g/mol. The fourth-order valence-electron chi connectivity index (χ4n) is 12.1. The Balaban J connectivity index is 0.000000313. The van der Waals surface area contributed by atoms with Crippen molar-refractivity contribution in [2.75, 3.05) is 0 Å². The number of hydrogen-bond donors (Lipinski definition) is 0. The second kappa shape index (κ2) is 29.3. The summed E-state index contributed by atoms with van der Waals surface area (Å²) in [6.07, 6.45) is -26.0. The Morgan fingerprint density at radius 1 is 0.286 bits per heavy atom. The molecular formula is C64H56BF24PRh. The molecule has 2 fully saturated rings. The van der Waals surface area contributed by atoms with E-state index in [0.717, 1.165) is 11.3 Å². The Morgan fingerprint density at radius 3 is 0.758 bits per heavy atom. The molecule has 0 aromatic heterocycles. The van der Waals surface area contributed by atoms with Gasteiger partial charge in [-0.25, -0.2) is 0 Å². The van der Waals surface area contributed by atoms with E-state index in [1.54, 1.807) is 5.30 Å². The molecule has 497 valence electrons. The van der Waals surface area contributed by atoms with Crippen LogP contribution < -0.4 is 27.2 Å². The predicted molar refractivity (Wildman–Crippen MR) is 300 cm³/mol. The van der Waals surface area contributed by atoms with Crippen LogP contribution in [0.2, 0.25) is 0 Å².